The molecule has 1 N–H and O–H groups in total. The van der Waals surface area contributed by atoms with Gasteiger partial charge in [0.2, 0.25) is 0 Å². The molecular formula is C14H18Cl2O2. The van der Waals surface area contributed by atoms with Gasteiger partial charge in [0, 0.05) is 6.61 Å². The van der Waals surface area contributed by atoms with Crippen molar-refractivity contribution in [3.63, 3.8) is 0 Å². The van der Waals surface area contributed by atoms with E-state index in [0.29, 0.717) is 16.7 Å². The number of aliphatic hydroxyl groups excluding tert-OH is 1. The van der Waals surface area contributed by atoms with Crippen LogP contribution < -0.4 is 0 Å². The maximum atomic E-state index is 10.6. The fourth-order valence-corrected chi connectivity index (χ4v) is 3.05. The predicted octanol–water partition coefficient (Wildman–Crippen LogP) is 4.38. The Morgan fingerprint density at radius 3 is 2.50 bits per heavy atom. The molecule has 1 aliphatic rings. The highest BCUT2D eigenvalue weighted by molar-refractivity contribution is 6.42. The molecule has 4 heteroatoms. The zero-order chi connectivity index (χ0) is 13.2. The minimum atomic E-state index is -0.644. The van der Waals surface area contributed by atoms with Crippen LogP contribution in [0.1, 0.15) is 44.3 Å². The molecule has 1 unspecified atom stereocenters. The molecule has 1 aliphatic carbocycles. The van der Waals surface area contributed by atoms with E-state index in [9.17, 15) is 5.11 Å². The van der Waals surface area contributed by atoms with Crippen LogP contribution in [-0.2, 0) is 4.74 Å². The predicted molar refractivity (Wildman–Crippen MR) is 74.2 cm³/mol. The Bertz CT molecular complexity index is 414. The van der Waals surface area contributed by atoms with Crippen molar-refractivity contribution in [2.45, 2.75) is 44.3 Å². The average Bonchev–Trinajstić information content (AvgIpc) is 2.82. The summed E-state index contributed by atoms with van der Waals surface area (Å²) in [7, 11) is 0. The quantitative estimate of drug-likeness (QED) is 0.891. The van der Waals surface area contributed by atoms with Gasteiger partial charge >= 0.3 is 0 Å². The SMILES string of the molecule is CCOC1(C(O)c2ccc(Cl)c(Cl)c2)CCCC1. The van der Waals surface area contributed by atoms with E-state index >= 15 is 0 Å². The number of rotatable bonds is 4. The monoisotopic (exact) mass is 288 g/mol. The molecule has 0 amide bonds. The first-order valence-corrected chi connectivity index (χ1v) is 7.11. The second kappa shape index (κ2) is 5.79. The van der Waals surface area contributed by atoms with Crippen LogP contribution in [-0.4, -0.2) is 17.3 Å². The van der Waals surface area contributed by atoms with Crippen LogP contribution in [0.3, 0.4) is 0 Å². The van der Waals surface area contributed by atoms with Crippen molar-refractivity contribution in [1.29, 1.82) is 0 Å². The molecule has 0 spiro atoms. The summed E-state index contributed by atoms with van der Waals surface area (Å²) in [5.41, 5.74) is 0.325. The van der Waals surface area contributed by atoms with Crippen molar-refractivity contribution in [2.24, 2.45) is 0 Å². The van der Waals surface area contributed by atoms with Crippen molar-refractivity contribution in [3.05, 3.63) is 33.8 Å². The maximum Gasteiger partial charge on any atom is 0.108 e. The summed E-state index contributed by atoms with van der Waals surface area (Å²) in [6, 6.07) is 5.27. The van der Waals surface area contributed by atoms with E-state index in [-0.39, 0.29) is 0 Å². The largest absolute Gasteiger partial charge is 0.385 e. The molecule has 0 saturated heterocycles. The Labute approximate surface area is 118 Å². The lowest BCUT2D eigenvalue weighted by atomic mass is 9.89. The third-order valence-corrected chi connectivity index (χ3v) is 4.38. The molecule has 1 saturated carbocycles. The molecule has 1 atom stereocenters. The van der Waals surface area contributed by atoms with Crippen LogP contribution >= 0.6 is 23.2 Å². The summed E-state index contributed by atoms with van der Waals surface area (Å²) in [5.74, 6) is 0. The van der Waals surface area contributed by atoms with E-state index in [1.54, 1.807) is 12.1 Å². The molecule has 0 aromatic heterocycles. The maximum absolute atomic E-state index is 10.6. The standard InChI is InChI=1S/C14H18Cl2O2/c1-2-18-14(7-3-4-8-14)13(17)10-5-6-11(15)12(16)9-10/h5-6,9,13,17H,2-4,7-8H2,1H3. The van der Waals surface area contributed by atoms with Gasteiger partial charge in [0.05, 0.1) is 15.6 Å². The van der Waals surface area contributed by atoms with Gasteiger partial charge in [0.1, 0.15) is 6.10 Å². The second-order valence-electron chi connectivity index (χ2n) is 4.78. The smallest absolute Gasteiger partial charge is 0.108 e. The van der Waals surface area contributed by atoms with Gasteiger partial charge in [-0.2, -0.15) is 0 Å². The number of halogens is 2. The lowest BCUT2D eigenvalue weighted by Crippen LogP contribution is -2.36. The molecule has 0 radical (unpaired) electrons. The van der Waals surface area contributed by atoms with Crippen LogP contribution in [0, 0.1) is 0 Å². The van der Waals surface area contributed by atoms with E-state index in [1.807, 2.05) is 13.0 Å². The van der Waals surface area contributed by atoms with Gasteiger partial charge in [-0.15, -0.1) is 0 Å². The summed E-state index contributed by atoms with van der Waals surface area (Å²) >= 11 is 11.9. The lowest BCUT2D eigenvalue weighted by Gasteiger charge is -2.34. The average molecular weight is 289 g/mol. The van der Waals surface area contributed by atoms with Crippen molar-refractivity contribution in [1.82, 2.24) is 0 Å². The summed E-state index contributed by atoms with van der Waals surface area (Å²) in [4.78, 5) is 0. The Kier molecular flexibility index (Phi) is 4.54. The summed E-state index contributed by atoms with van der Waals surface area (Å²) in [5, 5.41) is 11.6. The molecule has 2 rings (SSSR count). The molecule has 0 bridgehead atoms. The molecule has 18 heavy (non-hydrogen) atoms. The van der Waals surface area contributed by atoms with Gasteiger partial charge in [-0.3, -0.25) is 0 Å². The first kappa shape index (κ1) is 14.1. The number of benzene rings is 1. The zero-order valence-electron chi connectivity index (χ0n) is 10.5. The van der Waals surface area contributed by atoms with Crippen molar-refractivity contribution in [2.75, 3.05) is 6.61 Å². The molecule has 0 aliphatic heterocycles. The van der Waals surface area contributed by atoms with Crippen LogP contribution in [0.15, 0.2) is 18.2 Å². The molecule has 100 valence electrons. The van der Waals surface area contributed by atoms with Crippen LogP contribution in [0.5, 0.6) is 0 Å². The highest BCUT2D eigenvalue weighted by atomic mass is 35.5. The van der Waals surface area contributed by atoms with E-state index in [4.69, 9.17) is 27.9 Å². The Morgan fingerprint density at radius 1 is 1.28 bits per heavy atom. The summed E-state index contributed by atoms with van der Waals surface area (Å²) < 4.78 is 5.85. The molecule has 1 fully saturated rings. The third-order valence-electron chi connectivity index (χ3n) is 3.64. The van der Waals surface area contributed by atoms with Crippen molar-refractivity contribution >= 4 is 23.2 Å². The summed E-state index contributed by atoms with van der Waals surface area (Å²) in [6.45, 7) is 2.57. The Hall–Kier alpha value is -0.280. The normalized spacial score (nSPS) is 20.0. The van der Waals surface area contributed by atoms with Gasteiger partial charge < -0.3 is 9.84 Å². The Morgan fingerprint density at radius 2 is 1.94 bits per heavy atom. The van der Waals surface area contributed by atoms with Gasteiger partial charge in [0.25, 0.3) is 0 Å². The fraction of sp³-hybridized carbons (Fsp3) is 0.571. The lowest BCUT2D eigenvalue weighted by molar-refractivity contribution is -0.118. The highest BCUT2D eigenvalue weighted by Gasteiger charge is 2.42. The number of ether oxygens (including phenoxy) is 1. The van der Waals surface area contributed by atoms with Crippen molar-refractivity contribution in [3.8, 4) is 0 Å². The topological polar surface area (TPSA) is 29.5 Å². The molecule has 0 heterocycles. The fourth-order valence-electron chi connectivity index (χ4n) is 2.74. The van der Waals surface area contributed by atoms with E-state index in [2.05, 4.69) is 0 Å². The zero-order valence-corrected chi connectivity index (χ0v) is 12.0. The molecular weight excluding hydrogens is 271 g/mol. The van der Waals surface area contributed by atoms with Crippen LogP contribution in [0.25, 0.3) is 0 Å². The molecule has 1 aromatic rings. The van der Waals surface area contributed by atoms with Crippen LogP contribution in [0.2, 0.25) is 10.0 Å². The highest BCUT2D eigenvalue weighted by Crippen LogP contribution is 2.43. The molecule has 1 aromatic carbocycles. The van der Waals surface area contributed by atoms with Crippen molar-refractivity contribution < 1.29 is 9.84 Å². The van der Waals surface area contributed by atoms with E-state index < -0.39 is 11.7 Å². The summed E-state index contributed by atoms with van der Waals surface area (Å²) in [6.07, 6.45) is 3.33. The first-order valence-electron chi connectivity index (χ1n) is 6.36. The number of hydrogen-bond acceptors (Lipinski definition) is 2. The number of hydrogen-bond donors (Lipinski definition) is 1. The van der Waals surface area contributed by atoms with E-state index in [0.717, 1.165) is 31.2 Å². The minimum Gasteiger partial charge on any atom is -0.385 e. The van der Waals surface area contributed by atoms with Gasteiger partial charge in [0.15, 0.2) is 0 Å². The van der Waals surface area contributed by atoms with Gasteiger partial charge in [-0.1, -0.05) is 42.1 Å². The molecule has 2 nitrogen and oxygen atoms in total. The second-order valence-corrected chi connectivity index (χ2v) is 5.60. The van der Waals surface area contributed by atoms with Crippen LogP contribution in [0.4, 0.5) is 0 Å². The first-order chi connectivity index (χ1) is 8.59. The Balaban J connectivity index is 2.27. The third kappa shape index (κ3) is 2.67. The van der Waals surface area contributed by atoms with Gasteiger partial charge in [-0.25, -0.2) is 0 Å². The van der Waals surface area contributed by atoms with Gasteiger partial charge in [-0.05, 0) is 37.5 Å². The van der Waals surface area contributed by atoms with E-state index in [1.165, 1.54) is 0 Å². The number of aliphatic hydroxyl groups is 1. The minimum absolute atomic E-state index is 0.452.